The van der Waals surface area contributed by atoms with Gasteiger partial charge in [0.1, 0.15) is 5.70 Å². The molecule has 2 aromatic rings. The molecule has 0 aliphatic carbocycles. The Morgan fingerprint density at radius 2 is 1.55 bits per heavy atom. The summed E-state index contributed by atoms with van der Waals surface area (Å²) in [7, 11) is 0. The van der Waals surface area contributed by atoms with Gasteiger partial charge in [0.25, 0.3) is 11.8 Å². The van der Waals surface area contributed by atoms with Crippen LogP contribution in [-0.2, 0) is 9.59 Å². The monoisotopic (exact) mass is 419 g/mol. The Hall–Kier alpha value is -3.08. The number of nitrogens with zero attached hydrogens (tertiary/aromatic N) is 2. The van der Waals surface area contributed by atoms with Gasteiger partial charge in [-0.1, -0.05) is 32.0 Å². The highest BCUT2D eigenvalue weighted by molar-refractivity contribution is 6.36. The molecule has 1 N–H and O–H groups in total. The normalized spacial score (nSPS) is 14.1. The van der Waals surface area contributed by atoms with Crippen LogP contribution in [0.15, 0.2) is 48.2 Å². The molecule has 0 saturated carbocycles. The molecule has 0 spiro atoms. The van der Waals surface area contributed by atoms with E-state index in [2.05, 4.69) is 24.1 Å². The molecule has 1 aliphatic rings. The first-order chi connectivity index (χ1) is 14.8. The summed E-state index contributed by atoms with van der Waals surface area (Å²) in [6.07, 6.45) is 0. The maximum Gasteiger partial charge on any atom is 0.278 e. The van der Waals surface area contributed by atoms with E-state index in [-0.39, 0.29) is 17.7 Å². The molecule has 0 aromatic heterocycles. The lowest BCUT2D eigenvalue weighted by Crippen LogP contribution is -2.35. The number of benzene rings is 2. The summed E-state index contributed by atoms with van der Waals surface area (Å²) < 4.78 is 0. The molecule has 5 nitrogen and oxygen atoms in total. The van der Waals surface area contributed by atoms with Gasteiger partial charge >= 0.3 is 0 Å². The van der Waals surface area contributed by atoms with Gasteiger partial charge in [-0.25, -0.2) is 0 Å². The van der Waals surface area contributed by atoms with Crippen molar-refractivity contribution in [1.29, 1.82) is 0 Å². The van der Waals surface area contributed by atoms with Crippen LogP contribution in [0.3, 0.4) is 0 Å². The van der Waals surface area contributed by atoms with Gasteiger partial charge in [-0.15, -0.1) is 0 Å². The molecule has 5 heteroatoms. The highest BCUT2D eigenvalue weighted by atomic mass is 16.2. The number of nitrogens with one attached hydrogen (secondary N) is 1. The zero-order chi connectivity index (χ0) is 22.7. The third-order valence-electron chi connectivity index (χ3n) is 5.78. The first kappa shape index (κ1) is 22.6. The molecule has 0 radical (unpaired) electrons. The van der Waals surface area contributed by atoms with Crippen molar-refractivity contribution < 1.29 is 9.59 Å². The lowest BCUT2D eigenvalue weighted by molar-refractivity contribution is -0.137. The SMILES string of the molecule is CCN(CC)c1ccc(NC2=C(c3ccc(C)c(C)c3)C(=O)N(CC(C)C)C2=O)cc1. The van der Waals surface area contributed by atoms with Crippen LogP contribution in [0.1, 0.15) is 44.4 Å². The van der Waals surface area contributed by atoms with Crippen LogP contribution < -0.4 is 10.2 Å². The summed E-state index contributed by atoms with van der Waals surface area (Å²) in [6.45, 7) is 14.6. The summed E-state index contributed by atoms with van der Waals surface area (Å²) in [5, 5.41) is 3.26. The molecule has 0 atom stereocenters. The van der Waals surface area contributed by atoms with Gasteiger partial charge in [0.2, 0.25) is 0 Å². The van der Waals surface area contributed by atoms with Crippen LogP contribution in [-0.4, -0.2) is 36.3 Å². The fraction of sp³-hybridized carbons (Fsp3) is 0.385. The quantitative estimate of drug-likeness (QED) is 0.612. The van der Waals surface area contributed by atoms with Crippen LogP contribution in [0.4, 0.5) is 11.4 Å². The topological polar surface area (TPSA) is 52.7 Å². The molecule has 164 valence electrons. The average molecular weight is 420 g/mol. The molecule has 0 unspecified atom stereocenters. The molecule has 3 rings (SSSR count). The zero-order valence-electron chi connectivity index (χ0n) is 19.5. The molecule has 2 aromatic carbocycles. The number of hydrogen-bond acceptors (Lipinski definition) is 4. The van der Waals surface area contributed by atoms with Gasteiger partial charge < -0.3 is 10.2 Å². The van der Waals surface area contributed by atoms with E-state index >= 15 is 0 Å². The number of anilines is 2. The van der Waals surface area contributed by atoms with Crippen LogP contribution in [0, 0.1) is 19.8 Å². The maximum absolute atomic E-state index is 13.3. The minimum absolute atomic E-state index is 0.196. The lowest BCUT2D eigenvalue weighted by Gasteiger charge is -2.21. The Labute approximate surface area is 185 Å². The first-order valence-electron chi connectivity index (χ1n) is 11.1. The van der Waals surface area contributed by atoms with Crippen LogP contribution in [0.25, 0.3) is 5.57 Å². The Bertz CT molecular complexity index is 1000. The molecule has 1 aliphatic heterocycles. The van der Waals surface area contributed by atoms with Crippen molar-refractivity contribution in [1.82, 2.24) is 4.90 Å². The number of imide groups is 1. The van der Waals surface area contributed by atoms with Gasteiger partial charge in [-0.05, 0) is 74.6 Å². The minimum atomic E-state index is -0.264. The summed E-state index contributed by atoms with van der Waals surface area (Å²) in [5.41, 5.74) is 5.74. The highest BCUT2D eigenvalue weighted by Gasteiger charge is 2.39. The van der Waals surface area contributed by atoms with Crippen molar-refractivity contribution in [2.24, 2.45) is 5.92 Å². The van der Waals surface area contributed by atoms with E-state index in [1.807, 2.05) is 70.2 Å². The van der Waals surface area contributed by atoms with E-state index < -0.39 is 0 Å². The smallest absolute Gasteiger partial charge is 0.278 e. The molecule has 31 heavy (non-hydrogen) atoms. The predicted molar refractivity (Wildman–Crippen MR) is 128 cm³/mol. The minimum Gasteiger partial charge on any atom is -0.372 e. The number of hydrogen-bond donors (Lipinski definition) is 1. The molecule has 0 fully saturated rings. The number of rotatable bonds is 8. The van der Waals surface area contributed by atoms with Gasteiger partial charge in [0, 0.05) is 31.0 Å². The first-order valence-corrected chi connectivity index (χ1v) is 11.1. The van der Waals surface area contributed by atoms with Crippen molar-refractivity contribution in [3.05, 3.63) is 64.9 Å². The van der Waals surface area contributed by atoms with Gasteiger partial charge in [0.05, 0.1) is 5.57 Å². The molecule has 1 heterocycles. The molecule has 0 bridgehead atoms. The predicted octanol–water partition coefficient (Wildman–Crippen LogP) is 5.00. The maximum atomic E-state index is 13.3. The second-order valence-electron chi connectivity index (χ2n) is 8.51. The molecule has 0 saturated heterocycles. The highest BCUT2D eigenvalue weighted by Crippen LogP contribution is 2.32. The van der Waals surface area contributed by atoms with Gasteiger partial charge in [-0.2, -0.15) is 0 Å². The molecule has 2 amide bonds. The Kier molecular flexibility index (Phi) is 6.84. The van der Waals surface area contributed by atoms with E-state index in [4.69, 9.17) is 0 Å². The van der Waals surface area contributed by atoms with Crippen molar-refractivity contribution in [2.75, 3.05) is 29.9 Å². The van der Waals surface area contributed by atoms with E-state index in [9.17, 15) is 9.59 Å². The van der Waals surface area contributed by atoms with Gasteiger partial charge in [0.15, 0.2) is 0 Å². The summed E-state index contributed by atoms with van der Waals surface area (Å²) >= 11 is 0. The van der Waals surface area contributed by atoms with Crippen molar-refractivity contribution in [3.8, 4) is 0 Å². The standard InChI is InChI=1S/C26H33N3O2/c1-7-28(8-2)22-13-11-21(12-14-22)27-24-23(20-10-9-18(5)19(6)15-20)25(30)29(26(24)31)16-17(3)4/h9-15,17,27H,7-8,16H2,1-6H3. The van der Waals surface area contributed by atoms with Crippen molar-refractivity contribution in [3.63, 3.8) is 0 Å². The Morgan fingerprint density at radius 1 is 0.903 bits per heavy atom. The van der Waals surface area contributed by atoms with Crippen LogP contribution in [0.5, 0.6) is 0 Å². The lowest BCUT2D eigenvalue weighted by atomic mass is 9.99. The Morgan fingerprint density at radius 3 is 2.10 bits per heavy atom. The van der Waals surface area contributed by atoms with Crippen LogP contribution in [0.2, 0.25) is 0 Å². The number of carbonyl (C=O) groups excluding carboxylic acids is 2. The summed E-state index contributed by atoms with van der Waals surface area (Å²) in [6, 6.07) is 13.9. The summed E-state index contributed by atoms with van der Waals surface area (Å²) in [5.74, 6) is -0.300. The number of aryl methyl sites for hydroxylation is 2. The second kappa shape index (κ2) is 9.38. The average Bonchev–Trinajstić information content (AvgIpc) is 2.96. The second-order valence-corrected chi connectivity index (χ2v) is 8.51. The third kappa shape index (κ3) is 4.66. The van der Waals surface area contributed by atoms with Gasteiger partial charge in [-0.3, -0.25) is 14.5 Å². The zero-order valence-corrected chi connectivity index (χ0v) is 19.5. The largest absolute Gasteiger partial charge is 0.372 e. The fourth-order valence-corrected chi connectivity index (χ4v) is 3.88. The van der Waals surface area contributed by atoms with Crippen LogP contribution >= 0.6 is 0 Å². The van der Waals surface area contributed by atoms with Crippen molar-refractivity contribution in [2.45, 2.75) is 41.5 Å². The Balaban J connectivity index is 2.01. The van der Waals surface area contributed by atoms with E-state index in [0.717, 1.165) is 41.2 Å². The van der Waals surface area contributed by atoms with E-state index in [1.54, 1.807) is 0 Å². The van der Waals surface area contributed by atoms with E-state index in [1.165, 1.54) is 4.90 Å². The molecular weight excluding hydrogens is 386 g/mol. The molecular formula is C26H33N3O2. The summed E-state index contributed by atoms with van der Waals surface area (Å²) in [4.78, 5) is 30.1. The fourth-order valence-electron chi connectivity index (χ4n) is 3.88. The third-order valence-corrected chi connectivity index (χ3v) is 5.78. The number of amides is 2. The van der Waals surface area contributed by atoms with E-state index in [0.29, 0.717) is 17.8 Å². The number of carbonyl (C=O) groups is 2. The van der Waals surface area contributed by atoms with Crippen molar-refractivity contribution >= 4 is 28.8 Å².